The van der Waals surface area contributed by atoms with Gasteiger partial charge in [0.05, 0.1) is 46.2 Å². The second-order valence-electron chi connectivity index (χ2n) is 9.35. The first kappa shape index (κ1) is 30.0. The lowest BCUT2D eigenvalue weighted by Crippen LogP contribution is -2.49. The molecule has 1 aliphatic rings. The quantitative estimate of drug-likeness (QED) is 0.245. The smallest absolute Gasteiger partial charge is 0.410 e. The minimum atomic E-state index is -0.506. The van der Waals surface area contributed by atoms with Gasteiger partial charge in [0.1, 0.15) is 18.8 Å². The van der Waals surface area contributed by atoms with Crippen LogP contribution in [0.1, 0.15) is 26.3 Å². The molecule has 0 aliphatic carbocycles. The molecule has 0 spiro atoms. The summed E-state index contributed by atoms with van der Waals surface area (Å²) in [4.78, 5) is 27.8. The normalized spacial score (nSPS) is 14.6. The highest BCUT2D eigenvalue weighted by Gasteiger charge is 2.22. The third kappa shape index (κ3) is 14.4. The molecule has 0 unspecified atom stereocenters. The Bertz CT molecular complexity index is 733. The Morgan fingerprint density at radius 2 is 1.33 bits per heavy atom. The fourth-order valence-corrected chi connectivity index (χ4v) is 3.34. The van der Waals surface area contributed by atoms with E-state index < -0.39 is 5.60 Å². The number of hydrogen-bond acceptors (Lipinski definition) is 9. The molecule has 1 aromatic rings. The van der Waals surface area contributed by atoms with Gasteiger partial charge in [-0.05, 0) is 26.3 Å². The van der Waals surface area contributed by atoms with E-state index >= 15 is 0 Å². The van der Waals surface area contributed by atoms with E-state index in [1.54, 1.807) is 4.90 Å². The van der Waals surface area contributed by atoms with Crippen molar-refractivity contribution in [2.24, 2.45) is 0 Å². The molecule has 10 nitrogen and oxygen atoms in total. The van der Waals surface area contributed by atoms with Crippen LogP contribution in [0.4, 0.5) is 4.79 Å². The fraction of sp³-hybridized carbons (Fsp3) is 0.692. The van der Waals surface area contributed by atoms with Crippen molar-refractivity contribution in [3.63, 3.8) is 0 Å². The van der Waals surface area contributed by atoms with E-state index in [9.17, 15) is 9.59 Å². The van der Waals surface area contributed by atoms with E-state index in [4.69, 9.17) is 28.4 Å². The maximum Gasteiger partial charge on any atom is 0.410 e. The molecule has 36 heavy (non-hydrogen) atoms. The molecule has 0 N–H and O–H groups in total. The summed E-state index contributed by atoms with van der Waals surface area (Å²) in [7, 11) is 0. The van der Waals surface area contributed by atoms with Crippen molar-refractivity contribution in [3.8, 4) is 0 Å². The molecule has 1 fully saturated rings. The van der Waals surface area contributed by atoms with E-state index in [1.807, 2.05) is 51.1 Å². The summed E-state index contributed by atoms with van der Waals surface area (Å²) in [6.07, 6.45) is -0.260. The summed E-state index contributed by atoms with van der Waals surface area (Å²) >= 11 is 0. The number of nitrogens with zero attached hydrogens (tertiary/aromatic N) is 2. The van der Waals surface area contributed by atoms with Gasteiger partial charge in [0.2, 0.25) is 0 Å². The van der Waals surface area contributed by atoms with Crippen LogP contribution in [0, 0.1) is 0 Å². The first-order chi connectivity index (χ1) is 17.3. The van der Waals surface area contributed by atoms with Gasteiger partial charge in [-0.2, -0.15) is 0 Å². The molecule has 0 saturated carbocycles. The van der Waals surface area contributed by atoms with Gasteiger partial charge in [-0.3, -0.25) is 4.90 Å². The van der Waals surface area contributed by atoms with Crippen molar-refractivity contribution in [2.45, 2.75) is 33.0 Å². The van der Waals surface area contributed by atoms with Crippen LogP contribution in [-0.4, -0.2) is 113 Å². The highest BCUT2D eigenvalue weighted by atomic mass is 16.6. The number of amides is 1. The number of hydrogen-bond donors (Lipinski definition) is 0. The van der Waals surface area contributed by atoms with Gasteiger partial charge in [-0.15, -0.1) is 0 Å². The number of benzene rings is 1. The lowest BCUT2D eigenvalue weighted by Gasteiger charge is -2.33. The van der Waals surface area contributed by atoms with Crippen molar-refractivity contribution in [1.82, 2.24) is 9.80 Å². The largest absolute Gasteiger partial charge is 0.458 e. The van der Waals surface area contributed by atoms with E-state index in [0.717, 1.165) is 25.2 Å². The predicted octanol–water partition coefficient (Wildman–Crippen LogP) is 2.35. The summed E-state index contributed by atoms with van der Waals surface area (Å²) in [6, 6.07) is 9.69. The van der Waals surface area contributed by atoms with Gasteiger partial charge in [0.15, 0.2) is 0 Å². The van der Waals surface area contributed by atoms with E-state index in [1.165, 1.54) is 0 Å². The zero-order valence-corrected chi connectivity index (χ0v) is 21.9. The maximum atomic E-state index is 12.2. The van der Waals surface area contributed by atoms with Gasteiger partial charge in [-0.1, -0.05) is 30.3 Å². The third-order valence-electron chi connectivity index (χ3n) is 5.14. The number of esters is 1. The molecule has 1 heterocycles. The molecule has 0 atom stereocenters. The van der Waals surface area contributed by atoms with Gasteiger partial charge >= 0.3 is 12.1 Å². The second-order valence-corrected chi connectivity index (χ2v) is 9.35. The van der Waals surface area contributed by atoms with Gasteiger partial charge < -0.3 is 33.3 Å². The SMILES string of the molecule is CC(C)(C)OC(=O)COCCOCCOCCOCCN1CCN(C(=O)OCc2ccccc2)CC1. The monoisotopic (exact) mass is 510 g/mol. The van der Waals surface area contributed by atoms with Crippen LogP contribution >= 0.6 is 0 Å². The van der Waals surface area contributed by atoms with Crippen molar-refractivity contribution in [3.05, 3.63) is 35.9 Å². The Morgan fingerprint density at radius 3 is 1.92 bits per heavy atom. The minimum absolute atomic E-state index is 0.0779. The molecule has 0 aromatic heterocycles. The summed E-state index contributed by atoms with van der Waals surface area (Å²) in [5, 5.41) is 0. The molecule has 0 radical (unpaired) electrons. The topological polar surface area (TPSA) is 96.0 Å². The minimum Gasteiger partial charge on any atom is -0.458 e. The van der Waals surface area contributed by atoms with E-state index in [-0.39, 0.29) is 18.7 Å². The second kappa shape index (κ2) is 17.3. The molecule has 2 rings (SSSR count). The van der Waals surface area contributed by atoms with Crippen LogP contribution in [0.3, 0.4) is 0 Å². The molecule has 204 valence electrons. The molecule has 1 aromatic carbocycles. The first-order valence-electron chi connectivity index (χ1n) is 12.5. The van der Waals surface area contributed by atoms with Crippen LogP contribution in [0.25, 0.3) is 0 Å². The average molecular weight is 511 g/mol. The summed E-state index contributed by atoms with van der Waals surface area (Å²) in [6.45, 7) is 12.7. The molecular weight excluding hydrogens is 468 g/mol. The lowest BCUT2D eigenvalue weighted by molar-refractivity contribution is -0.160. The standard InChI is InChI=1S/C26H42N2O8/c1-26(2,3)36-24(29)22-34-20-19-33-18-17-32-16-15-31-14-13-27-9-11-28(12-10-27)25(30)35-21-23-7-5-4-6-8-23/h4-8H,9-22H2,1-3H3. The molecule has 1 saturated heterocycles. The van der Waals surface area contributed by atoms with Crippen LogP contribution in [-0.2, 0) is 39.8 Å². The Hall–Kier alpha value is -2.24. The molecule has 10 heteroatoms. The predicted molar refractivity (Wildman–Crippen MR) is 134 cm³/mol. The number of rotatable bonds is 16. The maximum absolute atomic E-state index is 12.2. The van der Waals surface area contributed by atoms with Crippen molar-refractivity contribution >= 4 is 12.1 Å². The zero-order valence-electron chi connectivity index (χ0n) is 21.9. The molecule has 1 aliphatic heterocycles. The van der Waals surface area contributed by atoms with Gasteiger partial charge in [0, 0.05) is 32.7 Å². The fourth-order valence-electron chi connectivity index (χ4n) is 3.34. The van der Waals surface area contributed by atoms with Crippen molar-refractivity contribution in [2.75, 3.05) is 85.6 Å². The molecular formula is C26H42N2O8. The Balaban J connectivity index is 1.34. The van der Waals surface area contributed by atoms with Gasteiger partial charge in [-0.25, -0.2) is 9.59 Å². The van der Waals surface area contributed by atoms with Crippen molar-refractivity contribution in [1.29, 1.82) is 0 Å². The van der Waals surface area contributed by atoms with Crippen LogP contribution in [0.15, 0.2) is 30.3 Å². The number of ether oxygens (including phenoxy) is 6. The summed E-state index contributed by atoms with van der Waals surface area (Å²) < 4.78 is 32.3. The highest BCUT2D eigenvalue weighted by molar-refractivity contribution is 5.71. The molecule has 0 bridgehead atoms. The molecule has 1 amide bonds. The average Bonchev–Trinajstić information content (AvgIpc) is 2.85. The van der Waals surface area contributed by atoms with E-state index in [0.29, 0.717) is 65.9 Å². The van der Waals surface area contributed by atoms with Crippen LogP contribution in [0.5, 0.6) is 0 Å². The highest BCUT2D eigenvalue weighted by Crippen LogP contribution is 2.08. The summed E-state index contributed by atoms with van der Waals surface area (Å²) in [5.41, 5.74) is 0.480. The first-order valence-corrected chi connectivity index (χ1v) is 12.5. The Labute approximate surface area is 214 Å². The Morgan fingerprint density at radius 1 is 0.778 bits per heavy atom. The van der Waals surface area contributed by atoms with Gasteiger partial charge in [0.25, 0.3) is 0 Å². The third-order valence-corrected chi connectivity index (χ3v) is 5.14. The van der Waals surface area contributed by atoms with Crippen LogP contribution in [0.2, 0.25) is 0 Å². The van der Waals surface area contributed by atoms with E-state index in [2.05, 4.69) is 4.90 Å². The summed E-state index contributed by atoms with van der Waals surface area (Å²) in [5.74, 6) is -0.382. The zero-order chi connectivity index (χ0) is 26.1. The number of carbonyl (C=O) groups excluding carboxylic acids is 2. The number of piperazine rings is 1. The van der Waals surface area contributed by atoms with Crippen molar-refractivity contribution < 1.29 is 38.0 Å². The van der Waals surface area contributed by atoms with Crippen LogP contribution < -0.4 is 0 Å². The lowest BCUT2D eigenvalue weighted by atomic mass is 10.2. The Kier molecular flexibility index (Phi) is 14.4. The number of carbonyl (C=O) groups is 2.